The van der Waals surface area contributed by atoms with E-state index >= 15 is 0 Å². The minimum absolute atomic E-state index is 0.134. The molecule has 1 aliphatic rings. The molecule has 0 atom stereocenters. The molecule has 0 saturated heterocycles. The van der Waals surface area contributed by atoms with E-state index in [9.17, 15) is 4.79 Å². The van der Waals surface area contributed by atoms with Gasteiger partial charge >= 0.3 is 0 Å². The van der Waals surface area contributed by atoms with Crippen LogP contribution in [0.25, 0.3) is 0 Å². The molecule has 0 radical (unpaired) electrons. The Morgan fingerprint density at radius 3 is 2.31 bits per heavy atom. The summed E-state index contributed by atoms with van der Waals surface area (Å²) < 4.78 is 0. The van der Waals surface area contributed by atoms with Crippen LogP contribution in [0.3, 0.4) is 0 Å². The van der Waals surface area contributed by atoms with Gasteiger partial charge in [0.1, 0.15) is 0 Å². The molecule has 1 aromatic carbocycles. The number of hydrogen-bond donors (Lipinski definition) is 0. The highest BCUT2D eigenvalue weighted by atomic mass is 35.5. The topological polar surface area (TPSA) is 17.1 Å². The normalized spacial score (nSPS) is 17.9. The number of Topliss-reactive ketones (excluding diaryl/α,β-unsaturated/α-hetero) is 1. The Hall–Kier alpha value is -0.820. The van der Waals surface area contributed by atoms with Crippen molar-refractivity contribution < 1.29 is 4.79 Å². The standard InChI is InChI=1S/C14H17ClO/c1-2-11-4-6-12(7-5-11)14(8-3-9-14)13(16)10-15/h4-7H,2-3,8-10H2,1H3. The van der Waals surface area contributed by atoms with Crippen LogP contribution in [0, 0.1) is 0 Å². The summed E-state index contributed by atoms with van der Waals surface area (Å²) in [7, 11) is 0. The SMILES string of the molecule is CCc1ccc(C2(C(=O)CCl)CCC2)cc1. The molecule has 0 spiro atoms. The van der Waals surface area contributed by atoms with E-state index in [0.29, 0.717) is 0 Å². The maximum absolute atomic E-state index is 11.9. The lowest BCUT2D eigenvalue weighted by atomic mass is 9.62. The van der Waals surface area contributed by atoms with E-state index in [1.165, 1.54) is 5.56 Å². The van der Waals surface area contributed by atoms with Crippen molar-refractivity contribution in [1.29, 1.82) is 0 Å². The van der Waals surface area contributed by atoms with E-state index in [0.717, 1.165) is 31.2 Å². The molecule has 0 aromatic heterocycles. The van der Waals surface area contributed by atoms with Gasteiger partial charge in [-0.2, -0.15) is 0 Å². The number of ketones is 1. The van der Waals surface area contributed by atoms with Crippen molar-refractivity contribution in [2.24, 2.45) is 0 Å². The third-order valence-corrected chi connectivity index (χ3v) is 4.02. The number of benzene rings is 1. The van der Waals surface area contributed by atoms with Crippen LogP contribution in [-0.4, -0.2) is 11.7 Å². The smallest absolute Gasteiger partial charge is 0.158 e. The number of carbonyl (C=O) groups excluding carboxylic acids is 1. The second-order valence-corrected chi connectivity index (χ2v) is 4.81. The monoisotopic (exact) mass is 236 g/mol. The van der Waals surface area contributed by atoms with Gasteiger partial charge in [0.25, 0.3) is 0 Å². The first kappa shape index (κ1) is 11.7. The van der Waals surface area contributed by atoms with Crippen LogP contribution in [0.4, 0.5) is 0 Å². The summed E-state index contributed by atoms with van der Waals surface area (Å²) in [6, 6.07) is 8.44. The van der Waals surface area contributed by atoms with Gasteiger partial charge in [0, 0.05) is 0 Å². The van der Waals surface area contributed by atoms with Crippen LogP contribution in [0.5, 0.6) is 0 Å². The molecular weight excluding hydrogens is 220 g/mol. The Kier molecular flexibility index (Phi) is 3.34. The average Bonchev–Trinajstić information content (AvgIpc) is 2.28. The lowest BCUT2D eigenvalue weighted by molar-refractivity contribution is -0.125. The molecule has 2 rings (SSSR count). The minimum Gasteiger partial charge on any atom is -0.297 e. The first-order valence-corrected chi connectivity index (χ1v) is 6.45. The van der Waals surface area contributed by atoms with Gasteiger partial charge in [-0.25, -0.2) is 0 Å². The molecule has 0 N–H and O–H groups in total. The predicted octanol–water partition coefficient (Wildman–Crippen LogP) is 3.48. The molecule has 1 aromatic rings. The summed E-state index contributed by atoms with van der Waals surface area (Å²) in [5.41, 5.74) is 2.21. The van der Waals surface area contributed by atoms with E-state index in [-0.39, 0.29) is 17.1 Å². The van der Waals surface area contributed by atoms with Crippen molar-refractivity contribution in [3.05, 3.63) is 35.4 Å². The van der Waals surface area contributed by atoms with Crippen molar-refractivity contribution in [3.8, 4) is 0 Å². The van der Waals surface area contributed by atoms with Crippen molar-refractivity contribution in [2.75, 3.05) is 5.88 Å². The number of aryl methyl sites for hydroxylation is 1. The molecule has 2 heteroatoms. The Morgan fingerprint density at radius 2 is 1.94 bits per heavy atom. The number of rotatable bonds is 4. The molecule has 16 heavy (non-hydrogen) atoms. The fourth-order valence-electron chi connectivity index (χ4n) is 2.45. The Labute approximate surface area is 102 Å². The van der Waals surface area contributed by atoms with E-state index in [1.807, 2.05) is 0 Å². The minimum atomic E-state index is -0.256. The predicted molar refractivity (Wildman–Crippen MR) is 67.1 cm³/mol. The van der Waals surface area contributed by atoms with Gasteiger partial charge < -0.3 is 0 Å². The highest BCUT2D eigenvalue weighted by Crippen LogP contribution is 2.44. The molecule has 0 heterocycles. The zero-order valence-corrected chi connectivity index (χ0v) is 10.4. The van der Waals surface area contributed by atoms with Gasteiger partial charge in [-0.05, 0) is 30.4 Å². The van der Waals surface area contributed by atoms with Crippen molar-refractivity contribution in [2.45, 2.75) is 38.0 Å². The van der Waals surface area contributed by atoms with Crippen molar-refractivity contribution in [3.63, 3.8) is 0 Å². The van der Waals surface area contributed by atoms with Gasteiger partial charge in [0.05, 0.1) is 11.3 Å². The molecule has 0 amide bonds. The summed E-state index contributed by atoms with van der Waals surface area (Å²) in [5.74, 6) is 0.319. The summed E-state index contributed by atoms with van der Waals surface area (Å²) in [6.07, 6.45) is 4.10. The number of hydrogen-bond acceptors (Lipinski definition) is 1. The highest BCUT2D eigenvalue weighted by Gasteiger charge is 2.44. The highest BCUT2D eigenvalue weighted by molar-refractivity contribution is 6.29. The molecular formula is C14H17ClO. The largest absolute Gasteiger partial charge is 0.297 e. The van der Waals surface area contributed by atoms with Crippen LogP contribution < -0.4 is 0 Å². The zero-order valence-electron chi connectivity index (χ0n) is 9.63. The average molecular weight is 237 g/mol. The third kappa shape index (κ3) is 1.78. The van der Waals surface area contributed by atoms with E-state index in [4.69, 9.17) is 11.6 Å². The molecule has 1 saturated carbocycles. The van der Waals surface area contributed by atoms with Crippen LogP contribution in [-0.2, 0) is 16.6 Å². The second-order valence-electron chi connectivity index (χ2n) is 4.54. The molecule has 1 nitrogen and oxygen atoms in total. The van der Waals surface area contributed by atoms with Gasteiger partial charge in [0.15, 0.2) is 5.78 Å². The summed E-state index contributed by atoms with van der Waals surface area (Å²) in [4.78, 5) is 11.9. The second kappa shape index (κ2) is 4.58. The maximum Gasteiger partial charge on any atom is 0.158 e. The molecule has 0 bridgehead atoms. The Bertz CT molecular complexity index is 376. The van der Waals surface area contributed by atoms with E-state index in [1.54, 1.807) is 0 Å². The number of carbonyl (C=O) groups is 1. The number of halogens is 1. The zero-order chi connectivity index (χ0) is 11.6. The van der Waals surface area contributed by atoms with Gasteiger partial charge in [0.2, 0.25) is 0 Å². The first-order chi connectivity index (χ1) is 7.73. The lowest BCUT2D eigenvalue weighted by Gasteiger charge is -2.40. The maximum atomic E-state index is 11.9. The van der Waals surface area contributed by atoms with Crippen LogP contribution in [0.2, 0.25) is 0 Å². The fraction of sp³-hybridized carbons (Fsp3) is 0.500. The quantitative estimate of drug-likeness (QED) is 0.732. The van der Waals surface area contributed by atoms with Gasteiger partial charge in [-0.15, -0.1) is 11.6 Å². The molecule has 86 valence electrons. The Morgan fingerprint density at radius 1 is 1.31 bits per heavy atom. The summed E-state index contributed by atoms with van der Waals surface area (Å²) in [5, 5.41) is 0. The first-order valence-electron chi connectivity index (χ1n) is 5.91. The van der Waals surface area contributed by atoms with E-state index < -0.39 is 0 Å². The van der Waals surface area contributed by atoms with Crippen LogP contribution >= 0.6 is 11.6 Å². The molecule has 1 aliphatic carbocycles. The van der Waals surface area contributed by atoms with E-state index in [2.05, 4.69) is 31.2 Å². The van der Waals surface area contributed by atoms with Gasteiger partial charge in [-0.3, -0.25) is 4.79 Å². The van der Waals surface area contributed by atoms with Gasteiger partial charge in [-0.1, -0.05) is 37.6 Å². The van der Waals surface area contributed by atoms with Crippen LogP contribution in [0.1, 0.15) is 37.3 Å². The molecule has 0 aliphatic heterocycles. The molecule has 1 fully saturated rings. The summed E-state index contributed by atoms with van der Waals surface area (Å²) >= 11 is 5.71. The summed E-state index contributed by atoms with van der Waals surface area (Å²) in [6.45, 7) is 2.14. The fourth-order valence-corrected chi connectivity index (χ4v) is 2.70. The number of alkyl halides is 1. The van der Waals surface area contributed by atoms with Crippen molar-refractivity contribution >= 4 is 17.4 Å². The third-order valence-electron chi connectivity index (χ3n) is 3.78. The van der Waals surface area contributed by atoms with Crippen molar-refractivity contribution in [1.82, 2.24) is 0 Å². The molecule has 0 unspecified atom stereocenters. The Balaban J connectivity index is 2.30. The lowest BCUT2D eigenvalue weighted by Crippen LogP contribution is -2.43. The van der Waals surface area contributed by atoms with Crippen LogP contribution in [0.15, 0.2) is 24.3 Å².